The van der Waals surface area contributed by atoms with E-state index >= 15 is 0 Å². The van der Waals surface area contributed by atoms with Gasteiger partial charge in [0.25, 0.3) is 0 Å². The summed E-state index contributed by atoms with van der Waals surface area (Å²) < 4.78 is 2.16. The molecule has 0 aliphatic carbocycles. The van der Waals surface area contributed by atoms with E-state index in [0.29, 0.717) is 5.69 Å². The van der Waals surface area contributed by atoms with Crippen molar-refractivity contribution in [1.29, 1.82) is 10.5 Å². The number of hydrazone groups is 1. The highest BCUT2D eigenvalue weighted by Gasteiger charge is 2.05. The minimum atomic E-state index is -0.210. The van der Waals surface area contributed by atoms with Crippen LogP contribution in [-0.4, -0.2) is 10.7 Å². The van der Waals surface area contributed by atoms with Gasteiger partial charge < -0.3 is 0 Å². The van der Waals surface area contributed by atoms with Gasteiger partial charge in [0.05, 0.1) is 15.9 Å². The summed E-state index contributed by atoms with van der Waals surface area (Å²) in [6.45, 7) is 0. The second kappa shape index (κ2) is 6.93. The Morgan fingerprint density at radius 3 is 2.52 bits per heavy atom. The number of nitrogens with zero attached hydrogens (tertiary/aromatic N) is 4. The van der Waals surface area contributed by atoms with Crippen LogP contribution in [0.5, 0.6) is 0 Å². The molecular weight excluding hydrogens is 326 g/mol. The van der Waals surface area contributed by atoms with Crippen LogP contribution >= 0.6 is 23.1 Å². The summed E-state index contributed by atoms with van der Waals surface area (Å²) in [4.78, 5) is 5.64. The lowest BCUT2D eigenvalue weighted by molar-refractivity contribution is 1.29. The lowest BCUT2D eigenvalue weighted by Gasteiger charge is -2.01. The Balaban J connectivity index is 1.71. The van der Waals surface area contributed by atoms with Crippen LogP contribution in [-0.2, 0) is 0 Å². The number of nitrogens with one attached hydrogen (secondary N) is 1. The van der Waals surface area contributed by atoms with E-state index in [9.17, 15) is 0 Å². The summed E-state index contributed by atoms with van der Waals surface area (Å²) in [7, 11) is 0. The number of hydrogen-bond donors (Lipinski definition) is 1. The average molecular weight is 335 g/mol. The number of hydrogen-bond acceptors (Lipinski definition) is 7. The summed E-state index contributed by atoms with van der Waals surface area (Å²) >= 11 is 3.25. The van der Waals surface area contributed by atoms with Gasteiger partial charge in [-0.05, 0) is 36.4 Å². The second-order valence-corrected chi connectivity index (χ2v) is 6.72. The zero-order valence-electron chi connectivity index (χ0n) is 11.7. The summed E-state index contributed by atoms with van der Waals surface area (Å²) in [6.07, 6.45) is 0. The molecule has 3 aromatic rings. The molecule has 0 bridgehead atoms. The van der Waals surface area contributed by atoms with Crippen molar-refractivity contribution in [2.75, 3.05) is 5.43 Å². The van der Waals surface area contributed by atoms with Gasteiger partial charge in [0.2, 0.25) is 5.71 Å². The molecule has 0 aliphatic rings. The maximum absolute atomic E-state index is 8.62. The van der Waals surface area contributed by atoms with Crippen LogP contribution in [0.4, 0.5) is 5.69 Å². The number of rotatable bonds is 4. The topological polar surface area (TPSA) is 84.9 Å². The number of anilines is 1. The molecule has 0 unspecified atom stereocenters. The van der Waals surface area contributed by atoms with Crippen LogP contribution in [0.25, 0.3) is 10.2 Å². The van der Waals surface area contributed by atoms with Crippen molar-refractivity contribution >= 4 is 44.7 Å². The molecule has 23 heavy (non-hydrogen) atoms. The Morgan fingerprint density at radius 1 is 1.09 bits per heavy atom. The SMILES string of the molecule is N#CC(C#N)=NNc1ccc(Sc2nc3ccccc3s2)cc1. The fourth-order valence-corrected chi connectivity index (χ4v) is 3.83. The second-order valence-electron chi connectivity index (χ2n) is 4.37. The number of nitriles is 2. The Kier molecular flexibility index (Phi) is 4.53. The molecule has 0 fully saturated rings. The molecule has 1 N–H and O–H groups in total. The van der Waals surface area contributed by atoms with Crippen LogP contribution < -0.4 is 5.43 Å². The fraction of sp³-hybridized carbons (Fsp3) is 0. The highest BCUT2D eigenvalue weighted by atomic mass is 32.2. The fourth-order valence-electron chi connectivity index (χ4n) is 1.79. The normalized spacial score (nSPS) is 9.83. The molecule has 1 aromatic heterocycles. The third kappa shape index (κ3) is 3.67. The van der Waals surface area contributed by atoms with Crippen molar-refractivity contribution < 1.29 is 0 Å². The predicted octanol–water partition coefficient (Wildman–Crippen LogP) is 4.26. The molecule has 0 saturated heterocycles. The predicted molar refractivity (Wildman–Crippen MR) is 92.5 cm³/mol. The smallest absolute Gasteiger partial charge is 0.237 e. The van der Waals surface area contributed by atoms with Crippen LogP contribution in [0.1, 0.15) is 0 Å². The summed E-state index contributed by atoms with van der Waals surface area (Å²) in [5, 5.41) is 20.9. The van der Waals surface area contributed by atoms with Gasteiger partial charge >= 0.3 is 0 Å². The van der Waals surface area contributed by atoms with E-state index in [4.69, 9.17) is 10.5 Å². The van der Waals surface area contributed by atoms with Gasteiger partial charge in [0.1, 0.15) is 12.1 Å². The molecule has 0 amide bonds. The van der Waals surface area contributed by atoms with E-state index in [1.807, 2.05) is 42.5 Å². The molecule has 5 nitrogen and oxygen atoms in total. The van der Waals surface area contributed by atoms with Crippen molar-refractivity contribution in [1.82, 2.24) is 4.98 Å². The quantitative estimate of drug-likeness (QED) is 0.568. The van der Waals surface area contributed by atoms with Crippen LogP contribution in [0.15, 0.2) is 62.9 Å². The third-order valence-corrected chi connectivity index (χ3v) is 4.95. The molecule has 1 heterocycles. The molecule has 0 saturated carbocycles. The van der Waals surface area contributed by atoms with Crippen molar-refractivity contribution in [3.63, 3.8) is 0 Å². The van der Waals surface area contributed by atoms with Crippen molar-refractivity contribution in [2.45, 2.75) is 9.24 Å². The highest BCUT2D eigenvalue weighted by Crippen LogP contribution is 2.34. The number of para-hydroxylation sites is 1. The van der Waals surface area contributed by atoms with Gasteiger partial charge in [-0.2, -0.15) is 15.6 Å². The van der Waals surface area contributed by atoms with Gasteiger partial charge in [-0.1, -0.05) is 23.9 Å². The van der Waals surface area contributed by atoms with Gasteiger partial charge in [0.15, 0.2) is 4.34 Å². The van der Waals surface area contributed by atoms with Crippen LogP contribution in [0, 0.1) is 22.7 Å². The number of thiazole rings is 1. The molecule has 0 radical (unpaired) electrons. The first-order valence-electron chi connectivity index (χ1n) is 6.56. The van der Waals surface area contributed by atoms with E-state index < -0.39 is 0 Å². The number of aromatic nitrogens is 1. The maximum Gasteiger partial charge on any atom is 0.237 e. The van der Waals surface area contributed by atoms with Gasteiger partial charge in [0, 0.05) is 4.90 Å². The van der Waals surface area contributed by atoms with Crippen molar-refractivity contribution in [3.05, 3.63) is 48.5 Å². The summed E-state index contributed by atoms with van der Waals surface area (Å²) in [5.41, 5.74) is 4.19. The first-order chi connectivity index (χ1) is 11.3. The van der Waals surface area contributed by atoms with E-state index in [1.54, 1.807) is 35.2 Å². The molecule has 7 heteroatoms. The summed E-state index contributed by atoms with van der Waals surface area (Å²) in [5.74, 6) is 0. The first-order valence-corrected chi connectivity index (χ1v) is 8.19. The minimum Gasteiger partial charge on any atom is -0.277 e. The first kappa shape index (κ1) is 15.0. The standard InChI is InChI=1S/C16H9N5S2/c17-9-12(10-18)21-20-11-5-7-13(8-6-11)22-16-19-14-3-1-2-4-15(14)23-16/h1-8,20H. The Labute approximate surface area is 140 Å². The van der Waals surface area contributed by atoms with E-state index in [1.165, 1.54) is 4.70 Å². The highest BCUT2D eigenvalue weighted by molar-refractivity contribution is 8.01. The zero-order chi connectivity index (χ0) is 16.1. The zero-order valence-corrected chi connectivity index (χ0v) is 13.4. The van der Waals surface area contributed by atoms with Crippen LogP contribution in [0.2, 0.25) is 0 Å². The maximum atomic E-state index is 8.62. The van der Waals surface area contributed by atoms with Gasteiger partial charge in [-0.3, -0.25) is 5.43 Å². The van der Waals surface area contributed by atoms with Crippen LogP contribution in [0.3, 0.4) is 0 Å². The number of fused-ring (bicyclic) bond motifs is 1. The Morgan fingerprint density at radius 2 is 1.83 bits per heavy atom. The molecule has 0 spiro atoms. The van der Waals surface area contributed by atoms with Gasteiger partial charge in [-0.25, -0.2) is 4.98 Å². The number of benzene rings is 2. The Bertz CT molecular complexity index is 896. The molecule has 0 aliphatic heterocycles. The minimum absolute atomic E-state index is 0.210. The summed E-state index contributed by atoms with van der Waals surface area (Å²) in [6, 6.07) is 19.0. The molecular formula is C16H9N5S2. The van der Waals surface area contributed by atoms with Crippen molar-refractivity contribution in [3.8, 4) is 12.1 Å². The monoisotopic (exact) mass is 335 g/mol. The van der Waals surface area contributed by atoms with Crippen molar-refractivity contribution in [2.24, 2.45) is 5.10 Å². The average Bonchev–Trinajstić information content (AvgIpc) is 2.99. The lowest BCUT2D eigenvalue weighted by Crippen LogP contribution is -1.95. The van der Waals surface area contributed by atoms with Gasteiger partial charge in [-0.15, -0.1) is 11.3 Å². The van der Waals surface area contributed by atoms with E-state index in [2.05, 4.69) is 21.6 Å². The Hall–Kier alpha value is -2.87. The molecule has 0 atom stereocenters. The third-order valence-electron chi connectivity index (χ3n) is 2.84. The molecule has 2 aromatic carbocycles. The molecule has 3 rings (SSSR count). The largest absolute Gasteiger partial charge is 0.277 e. The van der Waals surface area contributed by atoms with E-state index in [-0.39, 0.29) is 5.71 Å². The molecule has 110 valence electrons. The lowest BCUT2D eigenvalue weighted by atomic mass is 10.3. The van der Waals surface area contributed by atoms with E-state index in [0.717, 1.165) is 14.8 Å².